The zero-order valence-corrected chi connectivity index (χ0v) is 15.8. The number of amides is 3. The Morgan fingerprint density at radius 1 is 0.733 bits per heavy atom. The molecule has 0 fully saturated rings. The molecule has 0 atom stereocenters. The second-order valence-electron chi connectivity index (χ2n) is 6.13. The van der Waals surface area contributed by atoms with Crippen LogP contribution in [0.5, 0.6) is 11.5 Å². The van der Waals surface area contributed by atoms with E-state index in [1.54, 1.807) is 24.3 Å². The molecule has 0 aromatic heterocycles. The first-order valence-corrected chi connectivity index (χ1v) is 8.96. The largest absolute Gasteiger partial charge is 0.457 e. The average molecular weight is 405 g/mol. The van der Waals surface area contributed by atoms with Gasteiger partial charge in [0.15, 0.2) is 6.61 Å². The number of hydrogen-bond acceptors (Lipinski definition) is 5. The van der Waals surface area contributed by atoms with Gasteiger partial charge in [0.25, 0.3) is 5.91 Å². The summed E-state index contributed by atoms with van der Waals surface area (Å²) in [6.45, 7) is -0.442. The van der Waals surface area contributed by atoms with Crippen molar-refractivity contribution in [3.63, 3.8) is 0 Å². The van der Waals surface area contributed by atoms with Crippen LogP contribution in [-0.2, 0) is 9.53 Å². The number of nitrogens with two attached hydrogens (primary N) is 1. The minimum atomic E-state index is -0.707. The van der Waals surface area contributed by atoms with E-state index >= 15 is 0 Å². The van der Waals surface area contributed by atoms with Crippen molar-refractivity contribution < 1.29 is 23.9 Å². The SMILES string of the molecule is NC(=O)Nc1ccc(C(=O)OCC(=O)Nc2ccc(Oc3ccccc3)cc2)cc1. The lowest BCUT2D eigenvalue weighted by Gasteiger charge is -2.09. The highest BCUT2D eigenvalue weighted by Gasteiger charge is 2.11. The maximum absolute atomic E-state index is 12.0. The molecule has 0 bridgehead atoms. The number of esters is 1. The van der Waals surface area contributed by atoms with E-state index in [2.05, 4.69) is 10.6 Å². The van der Waals surface area contributed by atoms with E-state index in [1.807, 2.05) is 30.3 Å². The second kappa shape index (κ2) is 9.74. The van der Waals surface area contributed by atoms with Crippen LogP contribution in [0.2, 0.25) is 0 Å². The first-order chi connectivity index (χ1) is 14.5. The van der Waals surface area contributed by atoms with Crippen molar-refractivity contribution in [2.24, 2.45) is 5.73 Å². The lowest BCUT2D eigenvalue weighted by molar-refractivity contribution is -0.119. The maximum Gasteiger partial charge on any atom is 0.338 e. The molecule has 0 radical (unpaired) electrons. The molecule has 3 aromatic rings. The summed E-state index contributed by atoms with van der Waals surface area (Å²) in [5.74, 6) is 0.189. The van der Waals surface area contributed by atoms with Gasteiger partial charge in [0.2, 0.25) is 0 Å². The summed E-state index contributed by atoms with van der Waals surface area (Å²) in [5, 5.41) is 5.02. The van der Waals surface area contributed by atoms with Gasteiger partial charge in [-0.2, -0.15) is 0 Å². The van der Waals surface area contributed by atoms with Crippen molar-refractivity contribution in [1.29, 1.82) is 0 Å². The van der Waals surface area contributed by atoms with Crippen LogP contribution in [0.3, 0.4) is 0 Å². The van der Waals surface area contributed by atoms with Crippen LogP contribution in [0.25, 0.3) is 0 Å². The van der Waals surface area contributed by atoms with Crippen molar-refractivity contribution in [2.45, 2.75) is 0 Å². The third kappa shape index (κ3) is 6.10. The monoisotopic (exact) mass is 405 g/mol. The highest BCUT2D eigenvalue weighted by atomic mass is 16.5. The topological polar surface area (TPSA) is 120 Å². The second-order valence-corrected chi connectivity index (χ2v) is 6.13. The molecule has 0 spiro atoms. The minimum Gasteiger partial charge on any atom is -0.457 e. The predicted molar refractivity (Wildman–Crippen MR) is 112 cm³/mol. The number of primary amides is 1. The van der Waals surface area contributed by atoms with Gasteiger partial charge in [0, 0.05) is 11.4 Å². The van der Waals surface area contributed by atoms with Gasteiger partial charge in [-0.1, -0.05) is 18.2 Å². The summed E-state index contributed by atoms with van der Waals surface area (Å²) in [5.41, 5.74) is 6.23. The number of carbonyl (C=O) groups is 3. The summed E-state index contributed by atoms with van der Waals surface area (Å²) in [4.78, 5) is 34.8. The van der Waals surface area contributed by atoms with E-state index in [1.165, 1.54) is 24.3 Å². The number of hydrogen-bond donors (Lipinski definition) is 3. The average Bonchev–Trinajstić information content (AvgIpc) is 2.74. The molecule has 0 saturated carbocycles. The molecule has 3 amide bonds. The van der Waals surface area contributed by atoms with Crippen LogP contribution in [0.1, 0.15) is 10.4 Å². The fourth-order valence-corrected chi connectivity index (χ4v) is 2.47. The van der Waals surface area contributed by atoms with E-state index in [0.29, 0.717) is 22.9 Å². The Morgan fingerprint density at radius 2 is 1.30 bits per heavy atom. The van der Waals surface area contributed by atoms with Crippen LogP contribution in [0, 0.1) is 0 Å². The lowest BCUT2D eigenvalue weighted by Crippen LogP contribution is -2.21. The molecule has 30 heavy (non-hydrogen) atoms. The number of para-hydroxylation sites is 1. The van der Waals surface area contributed by atoms with Crippen LogP contribution >= 0.6 is 0 Å². The molecule has 8 nitrogen and oxygen atoms in total. The molecule has 0 heterocycles. The van der Waals surface area contributed by atoms with Gasteiger partial charge in [-0.3, -0.25) is 4.79 Å². The predicted octanol–water partition coefficient (Wildman–Crippen LogP) is 3.77. The Labute approximate surface area is 172 Å². The third-order valence-electron chi connectivity index (χ3n) is 3.84. The highest BCUT2D eigenvalue weighted by Crippen LogP contribution is 2.22. The van der Waals surface area contributed by atoms with Crippen molar-refractivity contribution in [3.8, 4) is 11.5 Å². The third-order valence-corrected chi connectivity index (χ3v) is 3.84. The van der Waals surface area contributed by atoms with Gasteiger partial charge in [0.05, 0.1) is 5.56 Å². The van der Waals surface area contributed by atoms with Gasteiger partial charge in [-0.15, -0.1) is 0 Å². The summed E-state index contributed by atoms with van der Waals surface area (Å²) in [6.07, 6.45) is 0. The quantitative estimate of drug-likeness (QED) is 0.517. The molecule has 0 unspecified atom stereocenters. The first kappa shape index (κ1) is 20.4. The van der Waals surface area contributed by atoms with E-state index in [-0.39, 0.29) is 5.56 Å². The fraction of sp³-hybridized carbons (Fsp3) is 0.0455. The Kier molecular flexibility index (Phi) is 6.63. The Balaban J connectivity index is 1.47. The lowest BCUT2D eigenvalue weighted by atomic mass is 10.2. The molecule has 0 aliphatic rings. The number of anilines is 2. The van der Waals surface area contributed by atoms with Gasteiger partial charge >= 0.3 is 12.0 Å². The molecule has 152 valence electrons. The maximum atomic E-state index is 12.0. The number of rotatable bonds is 7. The molecule has 3 aromatic carbocycles. The normalized spacial score (nSPS) is 10.0. The minimum absolute atomic E-state index is 0.236. The van der Waals surface area contributed by atoms with Crippen LogP contribution < -0.4 is 21.1 Å². The fourth-order valence-electron chi connectivity index (χ4n) is 2.47. The van der Waals surface area contributed by atoms with E-state index in [0.717, 1.165) is 0 Å². The van der Waals surface area contributed by atoms with Gasteiger partial charge < -0.3 is 25.8 Å². The molecule has 0 aliphatic carbocycles. The number of ether oxygens (including phenoxy) is 2. The van der Waals surface area contributed by atoms with Gasteiger partial charge in [-0.25, -0.2) is 9.59 Å². The molecular weight excluding hydrogens is 386 g/mol. The van der Waals surface area contributed by atoms with E-state index in [9.17, 15) is 14.4 Å². The van der Waals surface area contributed by atoms with Crippen LogP contribution in [0.15, 0.2) is 78.9 Å². The van der Waals surface area contributed by atoms with Crippen molar-refractivity contribution in [3.05, 3.63) is 84.4 Å². The molecule has 0 aliphatic heterocycles. The molecule has 0 saturated heterocycles. The Morgan fingerprint density at radius 3 is 1.93 bits per heavy atom. The summed E-state index contributed by atoms with van der Waals surface area (Å²) < 4.78 is 10.7. The standard InChI is InChI=1S/C22H19N3O5/c23-22(28)25-17-8-6-15(7-9-17)21(27)29-14-20(26)24-16-10-12-19(13-11-16)30-18-4-2-1-3-5-18/h1-13H,14H2,(H,24,26)(H3,23,25,28). The Hall–Kier alpha value is -4.33. The summed E-state index contributed by atoms with van der Waals surface area (Å²) >= 11 is 0. The molecule has 3 rings (SSSR count). The molecule has 4 N–H and O–H groups in total. The smallest absolute Gasteiger partial charge is 0.338 e. The van der Waals surface area contributed by atoms with E-state index < -0.39 is 24.5 Å². The molecule has 8 heteroatoms. The summed E-state index contributed by atoms with van der Waals surface area (Å²) in [6, 6.07) is 21.3. The first-order valence-electron chi connectivity index (χ1n) is 8.96. The van der Waals surface area contributed by atoms with Gasteiger partial charge in [0.1, 0.15) is 11.5 Å². The Bertz CT molecular complexity index is 1020. The van der Waals surface area contributed by atoms with Crippen LogP contribution in [0.4, 0.5) is 16.2 Å². The number of carbonyl (C=O) groups excluding carboxylic acids is 3. The van der Waals surface area contributed by atoms with Crippen molar-refractivity contribution in [2.75, 3.05) is 17.2 Å². The van der Waals surface area contributed by atoms with Crippen molar-refractivity contribution in [1.82, 2.24) is 0 Å². The zero-order valence-electron chi connectivity index (χ0n) is 15.8. The number of nitrogens with one attached hydrogen (secondary N) is 2. The van der Waals surface area contributed by atoms with Crippen LogP contribution in [-0.4, -0.2) is 24.5 Å². The molecular formula is C22H19N3O5. The number of urea groups is 1. The zero-order chi connectivity index (χ0) is 21.3. The number of benzene rings is 3. The summed E-state index contributed by atoms with van der Waals surface area (Å²) in [7, 11) is 0. The van der Waals surface area contributed by atoms with E-state index in [4.69, 9.17) is 15.2 Å². The highest BCUT2D eigenvalue weighted by molar-refractivity contribution is 5.96. The van der Waals surface area contributed by atoms with Crippen molar-refractivity contribution >= 4 is 29.3 Å². The van der Waals surface area contributed by atoms with Gasteiger partial charge in [-0.05, 0) is 60.7 Å².